The minimum absolute atomic E-state index is 0.112. The summed E-state index contributed by atoms with van der Waals surface area (Å²) < 4.78 is 6.56. The summed E-state index contributed by atoms with van der Waals surface area (Å²) in [6, 6.07) is 0. The molecule has 0 fully saturated rings. The predicted molar refractivity (Wildman–Crippen MR) is 76.7 cm³/mol. The van der Waals surface area contributed by atoms with Crippen LogP contribution in [0.4, 0.5) is 5.82 Å². The van der Waals surface area contributed by atoms with Crippen molar-refractivity contribution in [1.29, 1.82) is 0 Å². The lowest BCUT2D eigenvalue weighted by molar-refractivity contribution is 0.0698. The molecule has 112 valence electrons. The number of hydrogen-bond acceptors (Lipinski definition) is 4. The minimum Gasteiger partial charge on any atom is -0.477 e. The van der Waals surface area contributed by atoms with E-state index in [0.717, 1.165) is 18.9 Å². The molecule has 1 heterocycles. The molecule has 0 saturated heterocycles. The van der Waals surface area contributed by atoms with E-state index in [1.807, 2.05) is 13.8 Å². The van der Waals surface area contributed by atoms with E-state index < -0.39 is 5.97 Å². The number of amidine groups is 1. The first-order chi connectivity index (χ1) is 9.54. The van der Waals surface area contributed by atoms with Crippen LogP contribution in [0.2, 0.25) is 0 Å². The van der Waals surface area contributed by atoms with Crippen molar-refractivity contribution in [2.24, 2.45) is 12.0 Å². The molecule has 1 rings (SSSR count). The number of methoxy groups -OCH3 is 1. The van der Waals surface area contributed by atoms with Gasteiger partial charge in [0.1, 0.15) is 11.4 Å². The Balaban J connectivity index is 3.09. The predicted octanol–water partition coefficient (Wildman–Crippen LogP) is 1.53. The van der Waals surface area contributed by atoms with Gasteiger partial charge in [-0.3, -0.25) is 4.68 Å². The van der Waals surface area contributed by atoms with E-state index in [1.165, 1.54) is 10.9 Å². The zero-order valence-corrected chi connectivity index (χ0v) is 12.5. The number of aryl methyl sites for hydroxylation is 1. The lowest BCUT2D eigenvalue weighted by Crippen LogP contribution is -2.33. The van der Waals surface area contributed by atoms with E-state index in [2.05, 4.69) is 15.0 Å². The summed E-state index contributed by atoms with van der Waals surface area (Å²) >= 11 is 0. The Labute approximate surface area is 118 Å². The number of hydrogen-bond donors (Lipinski definition) is 1. The van der Waals surface area contributed by atoms with Gasteiger partial charge in [0.05, 0.1) is 12.8 Å². The van der Waals surface area contributed by atoms with Crippen LogP contribution in [-0.2, 0) is 11.8 Å². The van der Waals surface area contributed by atoms with Crippen LogP contribution in [0.15, 0.2) is 11.2 Å². The Morgan fingerprint density at radius 3 is 2.75 bits per heavy atom. The van der Waals surface area contributed by atoms with Gasteiger partial charge in [-0.15, -0.1) is 0 Å². The molecule has 0 aliphatic carbocycles. The number of aromatic carboxylic acids is 1. The largest absolute Gasteiger partial charge is 0.477 e. The highest BCUT2D eigenvalue weighted by Gasteiger charge is 2.16. The van der Waals surface area contributed by atoms with Crippen molar-refractivity contribution >= 4 is 17.6 Å². The summed E-state index contributed by atoms with van der Waals surface area (Å²) in [5, 5.41) is 13.1. The normalized spacial score (nSPS) is 11.7. The maximum absolute atomic E-state index is 11.2. The number of carbonyl (C=O) groups is 1. The van der Waals surface area contributed by atoms with Crippen molar-refractivity contribution in [2.75, 3.05) is 26.8 Å². The van der Waals surface area contributed by atoms with Crippen molar-refractivity contribution < 1.29 is 14.6 Å². The molecule has 1 aromatic heterocycles. The molecular weight excluding hydrogens is 260 g/mol. The van der Waals surface area contributed by atoms with Crippen molar-refractivity contribution in [3.8, 4) is 0 Å². The first-order valence-electron chi connectivity index (χ1n) is 6.61. The van der Waals surface area contributed by atoms with Crippen molar-refractivity contribution in [3.05, 3.63) is 11.8 Å². The Morgan fingerprint density at radius 1 is 1.55 bits per heavy atom. The summed E-state index contributed by atoms with van der Waals surface area (Å²) in [5.41, 5.74) is 0.112. The van der Waals surface area contributed by atoms with E-state index in [-0.39, 0.29) is 5.56 Å². The molecule has 0 saturated carbocycles. The van der Waals surface area contributed by atoms with Gasteiger partial charge in [0, 0.05) is 33.7 Å². The van der Waals surface area contributed by atoms with E-state index in [9.17, 15) is 4.79 Å². The number of rotatable bonds is 7. The van der Waals surface area contributed by atoms with Crippen LogP contribution >= 0.6 is 0 Å². The van der Waals surface area contributed by atoms with Crippen LogP contribution in [0.25, 0.3) is 0 Å². The topological polar surface area (TPSA) is 79.9 Å². The van der Waals surface area contributed by atoms with Crippen LogP contribution in [-0.4, -0.2) is 58.4 Å². The smallest absolute Gasteiger partial charge is 0.341 e. The van der Waals surface area contributed by atoms with Gasteiger partial charge in [0.25, 0.3) is 0 Å². The molecule has 0 amide bonds. The Kier molecular flexibility index (Phi) is 6.17. The zero-order valence-electron chi connectivity index (χ0n) is 12.5. The van der Waals surface area contributed by atoms with E-state index in [1.54, 1.807) is 14.2 Å². The number of carboxylic acids is 1. The molecule has 0 bridgehead atoms. The number of ether oxygens (including phenoxy) is 1. The third-order valence-corrected chi connectivity index (χ3v) is 3.00. The average Bonchev–Trinajstić information content (AvgIpc) is 2.79. The Bertz CT molecular complexity index is 482. The fourth-order valence-corrected chi connectivity index (χ4v) is 1.88. The molecule has 0 spiro atoms. The van der Waals surface area contributed by atoms with Gasteiger partial charge in [0.15, 0.2) is 5.82 Å². The molecular formula is C13H22N4O3. The highest BCUT2D eigenvalue weighted by atomic mass is 16.5. The lowest BCUT2D eigenvalue weighted by atomic mass is 10.3. The van der Waals surface area contributed by atoms with E-state index >= 15 is 0 Å². The van der Waals surface area contributed by atoms with Crippen molar-refractivity contribution in [1.82, 2.24) is 14.7 Å². The maximum Gasteiger partial charge on any atom is 0.341 e. The summed E-state index contributed by atoms with van der Waals surface area (Å²) in [4.78, 5) is 17.7. The second-order valence-corrected chi connectivity index (χ2v) is 4.26. The van der Waals surface area contributed by atoms with Crippen LogP contribution < -0.4 is 0 Å². The van der Waals surface area contributed by atoms with E-state index in [0.29, 0.717) is 18.8 Å². The number of nitrogens with zero attached hydrogens (tertiary/aromatic N) is 4. The second-order valence-electron chi connectivity index (χ2n) is 4.26. The van der Waals surface area contributed by atoms with Crippen LogP contribution in [0.3, 0.4) is 0 Å². The van der Waals surface area contributed by atoms with Gasteiger partial charge in [-0.1, -0.05) is 6.92 Å². The quantitative estimate of drug-likeness (QED) is 0.606. The fraction of sp³-hybridized carbons (Fsp3) is 0.615. The van der Waals surface area contributed by atoms with Gasteiger partial charge >= 0.3 is 5.97 Å². The summed E-state index contributed by atoms with van der Waals surface area (Å²) in [6.45, 7) is 6.13. The van der Waals surface area contributed by atoms with Crippen LogP contribution in [0, 0.1) is 0 Å². The molecule has 20 heavy (non-hydrogen) atoms. The molecule has 0 aliphatic heterocycles. The first kappa shape index (κ1) is 16.2. The SMILES string of the molecule is CC/C(=N\c1c(C(=O)O)cnn1C)N(CC)CCOC. The molecule has 1 aromatic rings. The molecule has 0 atom stereocenters. The highest BCUT2D eigenvalue weighted by Crippen LogP contribution is 2.19. The minimum atomic E-state index is -1.02. The van der Waals surface area contributed by atoms with Gasteiger partial charge in [0.2, 0.25) is 0 Å². The molecule has 7 nitrogen and oxygen atoms in total. The van der Waals surface area contributed by atoms with Gasteiger partial charge < -0.3 is 14.7 Å². The molecule has 0 unspecified atom stereocenters. The first-order valence-corrected chi connectivity index (χ1v) is 6.61. The lowest BCUT2D eigenvalue weighted by Gasteiger charge is -2.23. The zero-order chi connectivity index (χ0) is 15.1. The molecule has 7 heteroatoms. The third kappa shape index (κ3) is 3.80. The highest BCUT2D eigenvalue weighted by molar-refractivity contribution is 5.94. The summed E-state index contributed by atoms with van der Waals surface area (Å²) in [7, 11) is 3.34. The Hall–Kier alpha value is -1.89. The van der Waals surface area contributed by atoms with Crippen LogP contribution in [0.5, 0.6) is 0 Å². The molecule has 0 aliphatic rings. The molecule has 0 radical (unpaired) electrons. The fourth-order valence-electron chi connectivity index (χ4n) is 1.88. The molecule has 1 N–H and O–H groups in total. The summed E-state index contributed by atoms with van der Waals surface area (Å²) in [6.07, 6.45) is 2.03. The standard InChI is InChI=1S/C13H22N4O3/c1-5-11(17(6-2)7-8-20-4)15-12-10(13(18)19)9-14-16(12)3/h9H,5-8H2,1-4H3,(H,18,19)/b15-11+. The van der Waals surface area contributed by atoms with Crippen molar-refractivity contribution in [3.63, 3.8) is 0 Å². The number of carboxylic acid groups (broad SMARTS) is 1. The number of likely N-dealkylation sites (N-methyl/N-ethyl adjacent to an activating group) is 1. The maximum atomic E-state index is 11.2. The van der Waals surface area contributed by atoms with Crippen LogP contribution in [0.1, 0.15) is 30.6 Å². The third-order valence-electron chi connectivity index (χ3n) is 3.00. The Morgan fingerprint density at radius 2 is 2.25 bits per heavy atom. The van der Waals surface area contributed by atoms with Gasteiger partial charge in [-0.2, -0.15) is 5.10 Å². The van der Waals surface area contributed by atoms with E-state index in [4.69, 9.17) is 9.84 Å². The van der Waals surface area contributed by atoms with Gasteiger partial charge in [-0.25, -0.2) is 9.79 Å². The van der Waals surface area contributed by atoms with Crippen molar-refractivity contribution in [2.45, 2.75) is 20.3 Å². The second kappa shape index (κ2) is 7.64. The molecule has 0 aromatic carbocycles. The average molecular weight is 282 g/mol. The van der Waals surface area contributed by atoms with Gasteiger partial charge in [-0.05, 0) is 6.92 Å². The number of aliphatic imine (C=N–C) groups is 1. The number of aromatic nitrogens is 2. The summed E-state index contributed by atoms with van der Waals surface area (Å²) in [5.74, 6) is 0.174. The monoisotopic (exact) mass is 282 g/mol.